The van der Waals surface area contributed by atoms with Gasteiger partial charge in [-0.15, -0.1) is 0 Å². The van der Waals surface area contributed by atoms with Gasteiger partial charge in [-0.1, -0.05) is 13.8 Å². The van der Waals surface area contributed by atoms with E-state index in [1.165, 1.54) is 13.8 Å². The molecule has 0 fully saturated rings. The van der Waals surface area contributed by atoms with Gasteiger partial charge in [0.05, 0.1) is 23.9 Å². The molecule has 146 valence electrons. The summed E-state index contributed by atoms with van der Waals surface area (Å²) in [4.78, 5) is 18.8. The van der Waals surface area contributed by atoms with Crippen LogP contribution in [0.3, 0.4) is 0 Å². The molecule has 0 aliphatic heterocycles. The van der Waals surface area contributed by atoms with Crippen molar-refractivity contribution in [3.8, 4) is 0 Å². The third kappa shape index (κ3) is 7.51. The predicted molar refractivity (Wildman–Crippen MR) is 96.0 cm³/mol. The van der Waals surface area contributed by atoms with Crippen molar-refractivity contribution in [2.75, 3.05) is 6.61 Å². The molecule has 0 aromatic carbocycles. The minimum atomic E-state index is -4.35. The van der Waals surface area contributed by atoms with E-state index in [1.54, 1.807) is 13.8 Å². The van der Waals surface area contributed by atoms with Crippen molar-refractivity contribution in [2.45, 2.75) is 97.8 Å². The largest absolute Gasteiger partial charge is 0.390 e. The number of aliphatic hydroxyl groups is 1. The van der Waals surface area contributed by atoms with E-state index < -0.39 is 24.1 Å². The van der Waals surface area contributed by atoms with Gasteiger partial charge in [-0.3, -0.25) is 4.57 Å². The Hall–Kier alpha value is 0.0300. The normalized spacial score (nSPS) is 16.3. The topological polar surface area (TPSA) is 96.2 Å². The van der Waals surface area contributed by atoms with E-state index >= 15 is 0 Å². The summed E-state index contributed by atoms with van der Waals surface area (Å²) in [6, 6.07) is 0. The van der Waals surface area contributed by atoms with Crippen molar-refractivity contribution in [1.29, 1.82) is 0 Å². The first-order valence-electron chi connectivity index (χ1n) is 8.41. The van der Waals surface area contributed by atoms with Gasteiger partial charge in [-0.25, -0.2) is 0 Å². The van der Waals surface area contributed by atoms with Crippen LogP contribution in [0.25, 0.3) is 0 Å². The van der Waals surface area contributed by atoms with Crippen LogP contribution in [0.2, 0.25) is 0 Å². The Morgan fingerprint density at radius 3 is 1.83 bits per heavy atom. The van der Waals surface area contributed by atoms with Crippen molar-refractivity contribution in [2.24, 2.45) is 5.41 Å². The second-order valence-corrected chi connectivity index (χ2v) is 11.1. The molecular formula is C17H37O6P. The Balaban J connectivity index is 4.83. The monoisotopic (exact) mass is 368 g/mol. The molecule has 0 rings (SSSR count). The number of hydrogen-bond acceptors (Lipinski definition) is 4. The van der Waals surface area contributed by atoms with Crippen molar-refractivity contribution in [3.63, 3.8) is 0 Å². The zero-order valence-corrected chi connectivity index (χ0v) is 17.6. The summed E-state index contributed by atoms with van der Waals surface area (Å²) in [5, 5.41) is 8.27. The molecule has 24 heavy (non-hydrogen) atoms. The summed E-state index contributed by atoms with van der Waals surface area (Å²) in [5.41, 5.74) is -1.55. The molecule has 1 atom stereocenters. The van der Waals surface area contributed by atoms with Crippen LogP contribution in [0.4, 0.5) is 0 Å². The van der Waals surface area contributed by atoms with Crippen LogP contribution in [0.1, 0.15) is 75.2 Å². The Kier molecular flexibility index (Phi) is 7.74. The molecule has 0 spiro atoms. The standard InChI is InChI=1S/C17H37O6P/c1-13(23-17(8,9)24(19,20)21)12-14(2,3)16(6,7)22-11-10-15(4,5)18/h13,18H,10-12H2,1-9H3,(H2,19,20,21). The molecule has 1 unspecified atom stereocenters. The lowest BCUT2D eigenvalue weighted by molar-refractivity contribution is -0.132. The number of ether oxygens (including phenoxy) is 2. The summed E-state index contributed by atoms with van der Waals surface area (Å²) in [5.74, 6) is 0. The summed E-state index contributed by atoms with van der Waals surface area (Å²) < 4.78 is 23.1. The molecule has 0 amide bonds. The maximum absolute atomic E-state index is 11.5. The molecule has 0 aliphatic rings. The predicted octanol–water partition coefficient (Wildman–Crippen LogP) is 3.68. The van der Waals surface area contributed by atoms with Gasteiger partial charge in [0, 0.05) is 0 Å². The average Bonchev–Trinajstić information content (AvgIpc) is 2.22. The van der Waals surface area contributed by atoms with Crippen LogP contribution in [0, 0.1) is 5.41 Å². The van der Waals surface area contributed by atoms with Crippen LogP contribution in [0.5, 0.6) is 0 Å². The maximum Gasteiger partial charge on any atom is 0.356 e. The third-order valence-electron chi connectivity index (χ3n) is 4.80. The van der Waals surface area contributed by atoms with E-state index in [-0.39, 0.29) is 11.5 Å². The SMILES string of the molecule is CC(CC(C)(C)C(C)(C)OCCC(C)(C)O)OC(C)(C)P(=O)(O)O. The van der Waals surface area contributed by atoms with Gasteiger partial charge < -0.3 is 24.4 Å². The van der Waals surface area contributed by atoms with Gasteiger partial charge in [0.2, 0.25) is 0 Å². The van der Waals surface area contributed by atoms with E-state index in [4.69, 9.17) is 9.47 Å². The molecule has 0 aromatic rings. The lowest BCUT2D eigenvalue weighted by atomic mass is 9.73. The average molecular weight is 368 g/mol. The Labute approximate surface area is 147 Å². The van der Waals surface area contributed by atoms with E-state index in [0.29, 0.717) is 19.4 Å². The lowest BCUT2D eigenvalue weighted by Gasteiger charge is -2.44. The fourth-order valence-corrected chi connectivity index (χ4v) is 2.64. The highest BCUT2D eigenvalue weighted by atomic mass is 31.2. The van der Waals surface area contributed by atoms with Crippen molar-refractivity contribution >= 4 is 7.60 Å². The van der Waals surface area contributed by atoms with Crippen LogP contribution in [0.15, 0.2) is 0 Å². The van der Waals surface area contributed by atoms with E-state index in [1.807, 2.05) is 34.6 Å². The minimum absolute atomic E-state index is 0.295. The molecule has 0 aromatic heterocycles. The van der Waals surface area contributed by atoms with Crippen LogP contribution >= 0.6 is 7.60 Å². The minimum Gasteiger partial charge on any atom is -0.390 e. The van der Waals surface area contributed by atoms with Gasteiger partial charge in [0.25, 0.3) is 0 Å². The molecular weight excluding hydrogens is 331 g/mol. The van der Waals surface area contributed by atoms with E-state index in [9.17, 15) is 19.5 Å². The highest BCUT2D eigenvalue weighted by molar-refractivity contribution is 7.53. The molecule has 3 N–H and O–H groups in total. The molecule has 0 radical (unpaired) electrons. The molecule has 6 nitrogen and oxygen atoms in total. The molecule has 7 heteroatoms. The second-order valence-electron chi connectivity index (χ2n) is 8.93. The summed E-state index contributed by atoms with van der Waals surface area (Å²) in [6.45, 7) is 16.6. The van der Waals surface area contributed by atoms with Gasteiger partial charge >= 0.3 is 7.60 Å². The van der Waals surface area contributed by atoms with Crippen molar-refractivity contribution < 1.29 is 28.9 Å². The van der Waals surface area contributed by atoms with Crippen LogP contribution in [-0.2, 0) is 14.0 Å². The first-order valence-corrected chi connectivity index (χ1v) is 10.0. The Morgan fingerprint density at radius 2 is 1.46 bits per heavy atom. The smallest absolute Gasteiger partial charge is 0.356 e. The molecule has 0 heterocycles. The summed E-state index contributed by atoms with van der Waals surface area (Å²) in [6.07, 6.45) is 0.759. The molecule has 0 bridgehead atoms. The zero-order chi connectivity index (χ0) is 19.6. The van der Waals surface area contributed by atoms with E-state index in [2.05, 4.69) is 0 Å². The Bertz CT molecular complexity index is 444. The molecule has 0 aliphatic carbocycles. The van der Waals surface area contributed by atoms with Gasteiger partial charge in [-0.2, -0.15) is 0 Å². The van der Waals surface area contributed by atoms with E-state index in [0.717, 1.165) is 0 Å². The Morgan fingerprint density at radius 1 is 1.00 bits per heavy atom. The highest BCUT2D eigenvalue weighted by Gasteiger charge is 2.43. The maximum atomic E-state index is 11.5. The van der Waals surface area contributed by atoms with Crippen molar-refractivity contribution in [1.82, 2.24) is 0 Å². The fourth-order valence-electron chi connectivity index (χ4n) is 2.32. The number of hydrogen-bond donors (Lipinski definition) is 3. The van der Waals surface area contributed by atoms with Crippen molar-refractivity contribution in [3.05, 3.63) is 0 Å². The highest BCUT2D eigenvalue weighted by Crippen LogP contribution is 2.52. The first kappa shape index (κ1) is 24.0. The fraction of sp³-hybridized carbons (Fsp3) is 1.00. The lowest BCUT2D eigenvalue weighted by Crippen LogP contribution is -2.45. The van der Waals surface area contributed by atoms with Crippen LogP contribution in [-0.4, -0.2) is 44.1 Å². The number of rotatable bonds is 10. The molecule has 0 saturated carbocycles. The second kappa shape index (κ2) is 7.73. The van der Waals surface area contributed by atoms with Crippen LogP contribution < -0.4 is 0 Å². The van der Waals surface area contributed by atoms with Gasteiger partial charge in [-0.05, 0) is 66.7 Å². The quantitative estimate of drug-likeness (QED) is 0.509. The molecule has 0 saturated heterocycles. The van der Waals surface area contributed by atoms with Gasteiger partial charge in [0.1, 0.15) is 0 Å². The summed E-state index contributed by atoms with van der Waals surface area (Å²) in [7, 11) is -4.35. The van der Waals surface area contributed by atoms with Gasteiger partial charge in [0.15, 0.2) is 5.34 Å². The zero-order valence-electron chi connectivity index (χ0n) is 16.7. The summed E-state index contributed by atoms with van der Waals surface area (Å²) >= 11 is 0. The third-order valence-corrected chi connectivity index (χ3v) is 6.30. The first-order chi connectivity index (χ1) is 10.3.